The smallest absolute Gasteiger partial charge is 0.257 e. The van der Waals surface area contributed by atoms with Gasteiger partial charge in [-0.1, -0.05) is 48.6 Å². The molecule has 0 fully saturated rings. The van der Waals surface area contributed by atoms with E-state index in [-0.39, 0.29) is 11.8 Å². The molecule has 3 rings (SSSR count). The molecule has 2 amide bonds. The van der Waals surface area contributed by atoms with Gasteiger partial charge in [0.05, 0.1) is 0 Å². The molecule has 1 heterocycles. The lowest BCUT2D eigenvalue weighted by atomic mass is 9.98. The van der Waals surface area contributed by atoms with E-state index in [0.29, 0.717) is 22.3 Å². The Morgan fingerprint density at radius 2 is 1.70 bits per heavy atom. The van der Waals surface area contributed by atoms with Gasteiger partial charge in [-0.2, -0.15) is 0 Å². The number of hydrogen-bond donors (Lipinski definition) is 2. The first-order chi connectivity index (χ1) is 13.0. The minimum absolute atomic E-state index is 0.154. The van der Waals surface area contributed by atoms with Gasteiger partial charge in [-0.3, -0.25) is 14.9 Å². The molecule has 1 atom stereocenters. The Morgan fingerprint density at radius 3 is 2.37 bits per heavy atom. The van der Waals surface area contributed by atoms with Crippen molar-refractivity contribution in [1.82, 2.24) is 10.2 Å². The van der Waals surface area contributed by atoms with Crippen LogP contribution in [0, 0.1) is 0 Å². The van der Waals surface area contributed by atoms with Gasteiger partial charge in [-0.15, -0.1) is 10.2 Å². The minimum atomic E-state index is -0.261. The summed E-state index contributed by atoms with van der Waals surface area (Å²) < 4.78 is 0. The molecular weight excluding hydrogens is 360 g/mol. The number of benzene rings is 2. The van der Waals surface area contributed by atoms with Crippen LogP contribution in [-0.4, -0.2) is 22.0 Å². The molecule has 27 heavy (non-hydrogen) atoms. The zero-order valence-corrected chi connectivity index (χ0v) is 15.9. The number of hydrogen-bond acceptors (Lipinski definition) is 5. The largest absolute Gasteiger partial charge is 0.326 e. The fourth-order valence-electron chi connectivity index (χ4n) is 2.63. The number of carbonyl (C=O) groups is 2. The molecule has 2 aromatic carbocycles. The molecule has 1 aromatic heterocycles. The SMILES string of the molecule is CC(=O)Nc1ccc(C(=O)Nc2nnc(C[C@H](C)c3ccccc3)s2)cc1. The molecule has 138 valence electrons. The maximum Gasteiger partial charge on any atom is 0.257 e. The number of aromatic nitrogens is 2. The van der Waals surface area contributed by atoms with E-state index >= 15 is 0 Å². The van der Waals surface area contributed by atoms with Gasteiger partial charge in [-0.05, 0) is 35.7 Å². The summed E-state index contributed by atoms with van der Waals surface area (Å²) in [5.74, 6) is -0.0921. The molecule has 0 aliphatic carbocycles. The third-order valence-corrected chi connectivity index (χ3v) is 4.87. The third-order valence-electron chi connectivity index (χ3n) is 4.00. The van der Waals surface area contributed by atoms with Crippen LogP contribution in [0.1, 0.15) is 40.7 Å². The average molecular weight is 380 g/mol. The summed E-state index contributed by atoms with van der Waals surface area (Å²) in [5.41, 5.74) is 2.38. The lowest BCUT2D eigenvalue weighted by Crippen LogP contribution is -2.12. The number of carbonyl (C=O) groups excluding carboxylic acids is 2. The van der Waals surface area contributed by atoms with E-state index in [2.05, 4.69) is 39.9 Å². The van der Waals surface area contributed by atoms with Gasteiger partial charge in [0, 0.05) is 24.6 Å². The number of amides is 2. The number of anilines is 2. The Hall–Kier alpha value is -3.06. The Balaban J connectivity index is 1.60. The molecule has 0 bridgehead atoms. The van der Waals surface area contributed by atoms with Crippen LogP contribution in [0.15, 0.2) is 54.6 Å². The fourth-order valence-corrected chi connectivity index (χ4v) is 3.49. The van der Waals surface area contributed by atoms with Crippen LogP contribution >= 0.6 is 11.3 Å². The lowest BCUT2D eigenvalue weighted by Gasteiger charge is -2.08. The van der Waals surface area contributed by atoms with Crippen molar-refractivity contribution in [3.05, 3.63) is 70.7 Å². The van der Waals surface area contributed by atoms with Gasteiger partial charge in [0.15, 0.2) is 0 Å². The Bertz CT molecular complexity index is 923. The topological polar surface area (TPSA) is 84.0 Å². The molecule has 0 aliphatic rings. The van der Waals surface area contributed by atoms with Crippen molar-refractivity contribution in [2.45, 2.75) is 26.2 Å². The first-order valence-electron chi connectivity index (χ1n) is 8.57. The van der Waals surface area contributed by atoms with Crippen LogP contribution < -0.4 is 10.6 Å². The summed E-state index contributed by atoms with van der Waals surface area (Å²) >= 11 is 1.38. The number of rotatable bonds is 6. The molecule has 0 saturated heterocycles. The maximum atomic E-state index is 12.3. The van der Waals surface area contributed by atoms with Crippen LogP contribution in [-0.2, 0) is 11.2 Å². The molecule has 2 N–H and O–H groups in total. The van der Waals surface area contributed by atoms with Crippen LogP contribution in [0.2, 0.25) is 0 Å². The Morgan fingerprint density at radius 1 is 1.00 bits per heavy atom. The minimum Gasteiger partial charge on any atom is -0.326 e. The van der Waals surface area contributed by atoms with Gasteiger partial charge in [0.25, 0.3) is 5.91 Å². The lowest BCUT2D eigenvalue weighted by molar-refractivity contribution is -0.114. The second-order valence-electron chi connectivity index (χ2n) is 6.23. The van der Waals surface area contributed by atoms with Crippen molar-refractivity contribution in [2.24, 2.45) is 0 Å². The maximum absolute atomic E-state index is 12.3. The van der Waals surface area contributed by atoms with Crippen LogP contribution in [0.3, 0.4) is 0 Å². The van der Waals surface area contributed by atoms with E-state index in [9.17, 15) is 9.59 Å². The normalized spacial score (nSPS) is 11.6. The van der Waals surface area contributed by atoms with E-state index < -0.39 is 0 Å². The van der Waals surface area contributed by atoms with Crippen molar-refractivity contribution in [3.63, 3.8) is 0 Å². The third kappa shape index (κ3) is 5.21. The Kier molecular flexibility index (Phi) is 5.93. The summed E-state index contributed by atoms with van der Waals surface area (Å²) in [5, 5.41) is 15.0. The molecule has 6 nitrogen and oxygen atoms in total. The van der Waals surface area contributed by atoms with E-state index in [0.717, 1.165) is 11.4 Å². The van der Waals surface area contributed by atoms with Crippen molar-refractivity contribution in [1.29, 1.82) is 0 Å². The molecule has 0 saturated carbocycles. The molecule has 3 aromatic rings. The van der Waals surface area contributed by atoms with Gasteiger partial charge < -0.3 is 5.32 Å². The summed E-state index contributed by atoms with van der Waals surface area (Å²) in [6.07, 6.45) is 0.767. The van der Waals surface area contributed by atoms with Gasteiger partial charge in [-0.25, -0.2) is 0 Å². The number of nitrogens with one attached hydrogen (secondary N) is 2. The highest BCUT2D eigenvalue weighted by atomic mass is 32.1. The van der Waals surface area contributed by atoms with Crippen molar-refractivity contribution < 1.29 is 9.59 Å². The van der Waals surface area contributed by atoms with Gasteiger partial charge in [0.1, 0.15) is 5.01 Å². The summed E-state index contributed by atoms with van der Waals surface area (Å²) in [6, 6.07) is 16.9. The summed E-state index contributed by atoms with van der Waals surface area (Å²) in [7, 11) is 0. The van der Waals surface area contributed by atoms with Crippen LogP contribution in [0.4, 0.5) is 10.8 Å². The highest BCUT2D eigenvalue weighted by Gasteiger charge is 2.13. The average Bonchev–Trinajstić information content (AvgIpc) is 3.09. The Labute approximate surface area is 161 Å². The van der Waals surface area contributed by atoms with Crippen molar-refractivity contribution in [3.8, 4) is 0 Å². The molecule has 0 unspecified atom stereocenters. The first kappa shape index (κ1) is 18.7. The van der Waals surface area contributed by atoms with Gasteiger partial charge in [0.2, 0.25) is 11.0 Å². The van der Waals surface area contributed by atoms with E-state index in [1.54, 1.807) is 24.3 Å². The van der Waals surface area contributed by atoms with Crippen molar-refractivity contribution >= 4 is 34.0 Å². The molecule has 0 aliphatic heterocycles. The molecule has 7 heteroatoms. The predicted molar refractivity (Wildman–Crippen MR) is 107 cm³/mol. The summed E-state index contributed by atoms with van der Waals surface area (Å²) in [6.45, 7) is 3.58. The van der Waals surface area contributed by atoms with E-state index in [1.165, 1.54) is 23.8 Å². The zero-order chi connectivity index (χ0) is 19.2. The highest BCUT2D eigenvalue weighted by molar-refractivity contribution is 7.15. The van der Waals surface area contributed by atoms with Crippen molar-refractivity contribution in [2.75, 3.05) is 10.6 Å². The highest BCUT2D eigenvalue weighted by Crippen LogP contribution is 2.24. The van der Waals surface area contributed by atoms with Crippen LogP contribution in [0.5, 0.6) is 0 Å². The quantitative estimate of drug-likeness (QED) is 0.674. The van der Waals surface area contributed by atoms with Gasteiger partial charge >= 0.3 is 0 Å². The first-order valence-corrected chi connectivity index (χ1v) is 9.39. The zero-order valence-electron chi connectivity index (χ0n) is 15.1. The van der Waals surface area contributed by atoms with Crippen LogP contribution in [0.25, 0.3) is 0 Å². The second kappa shape index (κ2) is 8.55. The standard InChI is InChI=1S/C20H20N4O2S/c1-13(15-6-4-3-5-7-15)12-18-23-24-20(27-18)22-19(26)16-8-10-17(11-9-16)21-14(2)25/h3-11,13H,12H2,1-2H3,(H,21,25)(H,22,24,26)/t13-/m0/s1. The molecule has 0 radical (unpaired) electrons. The molecule has 0 spiro atoms. The summed E-state index contributed by atoms with van der Waals surface area (Å²) in [4.78, 5) is 23.4. The monoisotopic (exact) mass is 380 g/mol. The molecular formula is C20H20N4O2S. The predicted octanol–water partition coefficient (Wildman–Crippen LogP) is 4.10. The fraction of sp³-hybridized carbons (Fsp3) is 0.200. The second-order valence-corrected chi connectivity index (χ2v) is 7.29. The number of nitrogens with zero attached hydrogens (tertiary/aromatic N) is 2. The van der Waals surface area contributed by atoms with E-state index in [4.69, 9.17) is 0 Å². The van der Waals surface area contributed by atoms with E-state index in [1.807, 2.05) is 18.2 Å².